The molecule has 5 heteroatoms. The molecule has 1 aromatic heterocycles. The lowest BCUT2D eigenvalue weighted by atomic mass is 10.2. The molecular weight excluding hydrogens is 268 g/mol. The van der Waals surface area contributed by atoms with Crippen LogP contribution in [0.15, 0.2) is 36.5 Å². The number of rotatable bonds is 2. The Hall–Kier alpha value is -2.56. The van der Waals surface area contributed by atoms with E-state index in [1.54, 1.807) is 24.4 Å². The second-order valence-electron chi connectivity index (χ2n) is 4.85. The summed E-state index contributed by atoms with van der Waals surface area (Å²) in [5.74, 6) is 1.17. The van der Waals surface area contributed by atoms with Gasteiger partial charge in [0, 0.05) is 30.1 Å². The summed E-state index contributed by atoms with van der Waals surface area (Å²) in [4.78, 5) is 16.3. The Kier molecular flexibility index (Phi) is 3.73. The third-order valence-electron chi connectivity index (χ3n) is 3.18. The molecule has 0 fully saturated rings. The average molecular weight is 284 g/mol. The molecule has 0 radical (unpaired) electrons. The summed E-state index contributed by atoms with van der Waals surface area (Å²) >= 11 is 0. The first-order valence-electron chi connectivity index (χ1n) is 6.86. The molecule has 0 saturated heterocycles. The average Bonchev–Trinajstić information content (AvgIpc) is 2.72. The van der Waals surface area contributed by atoms with Gasteiger partial charge in [-0.3, -0.25) is 9.78 Å². The number of aromatic nitrogens is 1. The van der Waals surface area contributed by atoms with Gasteiger partial charge in [-0.25, -0.2) is 0 Å². The van der Waals surface area contributed by atoms with Crippen LogP contribution in [-0.2, 0) is 0 Å². The number of ether oxygens (including phenoxy) is 2. The lowest BCUT2D eigenvalue weighted by molar-refractivity contribution is 0.102. The normalized spacial score (nSPS) is 13.4. The molecule has 3 rings (SSSR count). The number of nitrogens with zero attached hydrogens (tertiary/aromatic N) is 1. The molecule has 0 unspecified atom stereocenters. The number of aryl methyl sites for hydroxylation is 1. The van der Waals surface area contributed by atoms with E-state index in [1.807, 2.05) is 19.1 Å². The minimum atomic E-state index is -0.197. The molecule has 0 saturated carbocycles. The summed E-state index contributed by atoms with van der Waals surface area (Å²) in [5.41, 5.74) is 2.07. The first-order valence-corrected chi connectivity index (χ1v) is 6.86. The van der Waals surface area contributed by atoms with E-state index in [2.05, 4.69) is 10.3 Å². The van der Waals surface area contributed by atoms with E-state index < -0.39 is 0 Å². The number of carbonyl (C=O) groups excluding carboxylic acids is 1. The number of benzene rings is 1. The SMILES string of the molecule is Cc1ccc(C(=O)Nc2ccc3c(c2)OCCCO3)cn1. The molecule has 1 N–H and O–H groups in total. The highest BCUT2D eigenvalue weighted by atomic mass is 16.5. The van der Waals surface area contributed by atoms with Gasteiger partial charge in [0.05, 0.1) is 18.8 Å². The molecule has 0 atom stereocenters. The van der Waals surface area contributed by atoms with Crippen LogP contribution in [0.4, 0.5) is 5.69 Å². The van der Waals surface area contributed by atoms with Crippen LogP contribution in [0.1, 0.15) is 22.5 Å². The number of hydrogen-bond acceptors (Lipinski definition) is 4. The second kappa shape index (κ2) is 5.83. The number of anilines is 1. The zero-order valence-electron chi connectivity index (χ0n) is 11.8. The predicted molar refractivity (Wildman–Crippen MR) is 79.0 cm³/mol. The number of fused-ring (bicyclic) bond motifs is 1. The maximum atomic E-state index is 12.1. The van der Waals surface area contributed by atoms with Crippen molar-refractivity contribution in [1.82, 2.24) is 4.98 Å². The highest BCUT2D eigenvalue weighted by Gasteiger charge is 2.12. The molecule has 1 aliphatic rings. The molecule has 2 aromatic rings. The molecule has 108 valence electrons. The van der Waals surface area contributed by atoms with Gasteiger partial charge >= 0.3 is 0 Å². The summed E-state index contributed by atoms with van der Waals surface area (Å²) in [6.45, 7) is 3.14. The number of nitrogens with one attached hydrogen (secondary N) is 1. The maximum Gasteiger partial charge on any atom is 0.257 e. The van der Waals surface area contributed by atoms with E-state index in [-0.39, 0.29) is 5.91 Å². The summed E-state index contributed by atoms with van der Waals surface area (Å²) in [7, 11) is 0. The monoisotopic (exact) mass is 284 g/mol. The van der Waals surface area contributed by atoms with Crippen molar-refractivity contribution < 1.29 is 14.3 Å². The zero-order chi connectivity index (χ0) is 14.7. The Bertz CT molecular complexity index is 653. The summed E-state index contributed by atoms with van der Waals surface area (Å²) in [6, 6.07) is 8.94. The molecule has 1 aromatic carbocycles. The lowest BCUT2D eigenvalue weighted by Crippen LogP contribution is -2.12. The smallest absolute Gasteiger partial charge is 0.257 e. The molecule has 1 amide bonds. The van der Waals surface area contributed by atoms with Crippen LogP contribution in [0.2, 0.25) is 0 Å². The Labute approximate surface area is 122 Å². The first-order chi connectivity index (χ1) is 10.2. The van der Waals surface area contributed by atoms with Crippen LogP contribution in [0.25, 0.3) is 0 Å². The van der Waals surface area contributed by atoms with Crippen molar-refractivity contribution in [2.24, 2.45) is 0 Å². The van der Waals surface area contributed by atoms with Crippen molar-refractivity contribution in [3.05, 3.63) is 47.8 Å². The van der Waals surface area contributed by atoms with E-state index >= 15 is 0 Å². The van der Waals surface area contributed by atoms with Crippen LogP contribution in [0.5, 0.6) is 11.5 Å². The summed E-state index contributed by atoms with van der Waals surface area (Å²) < 4.78 is 11.2. The fraction of sp³-hybridized carbons (Fsp3) is 0.250. The maximum absolute atomic E-state index is 12.1. The number of carbonyl (C=O) groups is 1. The molecule has 0 spiro atoms. The van der Waals surface area contributed by atoms with E-state index in [0.717, 1.165) is 12.1 Å². The minimum Gasteiger partial charge on any atom is -0.490 e. The van der Waals surface area contributed by atoms with Gasteiger partial charge in [-0.15, -0.1) is 0 Å². The standard InChI is InChI=1S/C16H16N2O3/c1-11-3-4-12(10-17-11)16(19)18-13-5-6-14-15(9-13)21-8-2-7-20-14/h3-6,9-10H,2,7-8H2,1H3,(H,18,19). The fourth-order valence-electron chi connectivity index (χ4n) is 2.05. The molecule has 1 aliphatic heterocycles. The third-order valence-corrected chi connectivity index (χ3v) is 3.18. The molecular formula is C16H16N2O3. The van der Waals surface area contributed by atoms with Gasteiger partial charge in [0.15, 0.2) is 11.5 Å². The van der Waals surface area contributed by atoms with Gasteiger partial charge in [-0.05, 0) is 31.2 Å². The number of pyridine rings is 1. The Morgan fingerprint density at radius 2 is 1.95 bits per heavy atom. The van der Waals surface area contributed by atoms with Gasteiger partial charge in [-0.1, -0.05) is 0 Å². The van der Waals surface area contributed by atoms with Crippen LogP contribution in [0.3, 0.4) is 0 Å². The van der Waals surface area contributed by atoms with Gasteiger partial charge < -0.3 is 14.8 Å². The lowest BCUT2D eigenvalue weighted by Gasteiger charge is -2.10. The third kappa shape index (κ3) is 3.13. The number of hydrogen-bond donors (Lipinski definition) is 1. The van der Waals surface area contributed by atoms with Crippen molar-refractivity contribution in [2.45, 2.75) is 13.3 Å². The minimum absolute atomic E-state index is 0.197. The van der Waals surface area contributed by atoms with Crippen molar-refractivity contribution >= 4 is 11.6 Å². The largest absolute Gasteiger partial charge is 0.490 e. The Morgan fingerprint density at radius 1 is 1.14 bits per heavy atom. The second-order valence-corrected chi connectivity index (χ2v) is 4.85. The number of amides is 1. The van der Waals surface area contributed by atoms with E-state index in [1.165, 1.54) is 0 Å². The van der Waals surface area contributed by atoms with E-state index in [9.17, 15) is 4.79 Å². The van der Waals surface area contributed by atoms with Gasteiger partial charge in [-0.2, -0.15) is 0 Å². The topological polar surface area (TPSA) is 60.5 Å². The molecule has 5 nitrogen and oxygen atoms in total. The van der Waals surface area contributed by atoms with Crippen LogP contribution in [0, 0.1) is 6.92 Å². The molecule has 0 bridgehead atoms. The van der Waals surface area contributed by atoms with Gasteiger partial charge in [0.1, 0.15) is 0 Å². The highest BCUT2D eigenvalue weighted by Crippen LogP contribution is 2.32. The van der Waals surface area contributed by atoms with E-state index in [4.69, 9.17) is 9.47 Å². The van der Waals surface area contributed by atoms with Crippen molar-refractivity contribution in [3.8, 4) is 11.5 Å². The Morgan fingerprint density at radius 3 is 2.71 bits per heavy atom. The van der Waals surface area contributed by atoms with Crippen LogP contribution in [-0.4, -0.2) is 24.1 Å². The van der Waals surface area contributed by atoms with Crippen LogP contribution < -0.4 is 14.8 Å². The van der Waals surface area contributed by atoms with E-state index in [0.29, 0.717) is 36.0 Å². The summed E-state index contributed by atoms with van der Waals surface area (Å²) in [6.07, 6.45) is 2.42. The van der Waals surface area contributed by atoms with Gasteiger partial charge in [0.25, 0.3) is 5.91 Å². The predicted octanol–water partition coefficient (Wildman–Crippen LogP) is 2.80. The highest BCUT2D eigenvalue weighted by molar-refractivity contribution is 6.04. The molecule has 2 heterocycles. The first kappa shape index (κ1) is 13.4. The fourth-order valence-corrected chi connectivity index (χ4v) is 2.05. The van der Waals surface area contributed by atoms with Crippen molar-refractivity contribution in [1.29, 1.82) is 0 Å². The Balaban J connectivity index is 1.77. The zero-order valence-corrected chi connectivity index (χ0v) is 11.8. The van der Waals surface area contributed by atoms with Crippen molar-refractivity contribution in [3.63, 3.8) is 0 Å². The molecule has 0 aliphatic carbocycles. The van der Waals surface area contributed by atoms with Gasteiger partial charge in [0.2, 0.25) is 0 Å². The van der Waals surface area contributed by atoms with Crippen LogP contribution >= 0.6 is 0 Å². The van der Waals surface area contributed by atoms with Crippen molar-refractivity contribution in [2.75, 3.05) is 18.5 Å². The quantitative estimate of drug-likeness (QED) is 0.921. The molecule has 21 heavy (non-hydrogen) atoms. The summed E-state index contributed by atoms with van der Waals surface area (Å²) in [5, 5.41) is 2.83.